The van der Waals surface area contributed by atoms with E-state index in [1.807, 2.05) is 24.3 Å². The Labute approximate surface area is 156 Å². The molecule has 4 nitrogen and oxygen atoms in total. The molecular weight excluding hydrogens is 440 g/mol. The number of hydrogen-bond acceptors (Lipinski definition) is 4. The van der Waals surface area contributed by atoms with E-state index in [9.17, 15) is 9.59 Å². The van der Waals surface area contributed by atoms with Gasteiger partial charge in [-0.25, -0.2) is 4.79 Å². The minimum Gasteiger partial charge on any atom is -0.466 e. The van der Waals surface area contributed by atoms with Gasteiger partial charge >= 0.3 is 5.97 Å². The number of ether oxygens (including phenoxy) is 2. The van der Waals surface area contributed by atoms with Crippen LogP contribution >= 0.6 is 31.9 Å². The van der Waals surface area contributed by atoms with Crippen LogP contribution in [0.4, 0.5) is 0 Å². The van der Waals surface area contributed by atoms with Crippen LogP contribution in [-0.2, 0) is 24.7 Å². The van der Waals surface area contributed by atoms with Crippen LogP contribution in [0.2, 0.25) is 0 Å². The molecule has 1 saturated heterocycles. The zero-order valence-electron chi connectivity index (χ0n) is 12.8. The van der Waals surface area contributed by atoms with Crippen LogP contribution in [0.3, 0.4) is 0 Å². The number of carbonyl (C=O) groups is 2. The zero-order valence-corrected chi connectivity index (χ0v) is 16.0. The van der Waals surface area contributed by atoms with Gasteiger partial charge < -0.3 is 9.47 Å². The molecule has 124 valence electrons. The van der Waals surface area contributed by atoms with Crippen molar-refractivity contribution in [3.63, 3.8) is 0 Å². The van der Waals surface area contributed by atoms with Crippen molar-refractivity contribution in [3.05, 3.63) is 68.6 Å². The van der Waals surface area contributed by atoms with E-state index in [2.05, 4.69) is 31.9 Å². The van der Waals surface area contributed by atoms with Gasteiger partial charge in [0.15, 0.2) is 5.78 Å². The molecule has 0 radical (unpaired) electrons. The van der Waals surface area contributed by atoms with Gasteiger partial charge in [-0.05, 0) is 29.8 Å². The van der Waals surface area contributed by atoms with Crippen molar-refractivity contribution < 1.29 is 19.1 Å². The van der Waals surface area contributed by atoms with E-state index in [0.29, 0.717) is 5.56 Å². The molecule has 1 fully saturated rings. The molecule has 0 amide bonds. The highest BCUT2D eigenvalue weighted by atomic mass is 79.9. The summed E-state index contributed by atoms with van der Waals surface area (Å²) < 4.78 is 12.7. The molecule has 0 N–H and O–H groups in total. The largest absolute Gasteiger partial charge is 0.466 e. The summed E-state index contributed by atoms with van der Waals surface area (Å²) >= 11 is 6.73. The van der Waals surface area contributed by atoms with Gasteiger partial charge in [-0.15, -0.1) is 0 Å². The third-order valence-electron chi connectivity index (χ3n) is 4.05. The van der Waals surface area contributed by atoms with E-state index in [1.165, 1.54) is 7.11 Å². The Morgan fingerprint density at radius 2 is 1.62 bits per heavy atom. The molecule has 0 unspecified atom stereocenters. The Bertz CT molecular complexity index is 771. The van der Waals surface area contributed by atoms with Gasteiger partial charge in [-0.3, -0.25) is 4.79 Å². The topological polar surface area (TPSA) is 52.6 Å². The van der Waals surface area contributed by atoms with Crippen LogP contribution in [0.25, 0.3) is 0 Å². The number of ketones is 1. The second-order valence-electron chi connectivity index (χ2n) is 5.47. The van der Waals surface area contributed by atoms with Gasteiger partial charge in [0, 0.05) is 20.9 Å². The summed E-state index contributed by atoms with van der Waals surface area (Å²) in [4.78, 5) is 25.3. The Balaban J connectivity index is 2.03. The van der Waals surface area contributed by atoms with E-state index in [-0.39, 0.29) is 12.2 Å². The molecule has 0 bridgehead atoms. The number of hydrogen-bond donors (Lipinski definition) is 0. The first-order valence-electron chi connectivity index (χ1n) is 7.28. The summed E-state index contributed by atoms with van der Waals surface area (Å²) in [6.45, 7) is 0. The second kappa shape index (κ2) is 6.78. The molecule has 2 atom stereocenters. The lowest BCUT2D eigenvalue weighted by Crippen LogP contribution is -2.42. The third-order valence-corrected chi connectivity index (χ3v) is 5.11. The molecule has 0 spiro atoms. The van der Waals surface area contributed by atoms with Gasteiger partial charge in [0.2, 0.25) is 5.60 Å². The average Bonchev–Trinajstić information content (AvgIpc) is 2.94. The predicted octanol–water partition coefficient (Wildman–Crippen LogP) is 4.31. The maximum absolute atomic E-state index is 12.8. The van der Waals surface area contributed by atoms with Gasteiger partial charge in [0.05, 0.1) is 13.2 Å². The van der Waals surface area contributed by atoms with Crippen LogP contribution < -0.4 is 0 Å². The molecule has 1 aliphatic heterocycles. The minimum absolute atomic E-state index is 0.118. The maximum atomic E-state index is 12.8. The van der Waals surface area contributed by atoms with E-state index in [0.717, 1.165) is 14.5 Å². The second-order valence-corrected chi connectivity index (χ2v) is 7.30. The molecular formula is C18H14Br2O4. The number of Topliss-reactive ketones (excluding diaryl/α,β-unsaturated/α-hetero) is 1. The molecule has 3 rings (SSSR count). The highest BCUT2D eigenvalue weighted by Gasteiger charge is 2.56. The zero-order chi connectivity index (χ0) is 17.3. The van der Waals surface area contributed by atoms with Crippen LogP contribution in [0.1, 0.15) is 23.7 Å². The van der Waals surface area contributed by atoms with Gasteiger partial charge in [0.1, 0.15) is 0 Å². The predicted molar refractivity (Wildman–Crippen MR) is 95.4 cm³/mol. The first-order valence-corrected chi connectivity index (χ1v) is 8.87. The SMILES string of the molecule is COC(=O)[C@@]1(c2ccc(Br)cc2)O[C@H](c2ccc(Br)cc2)CC1=O. The summed E-state index contributed by atoms with van der Waals surface area (Å²) in [7, 11) is 1.26. The van der Waals surface area contributed by atoms with E-state index in [1.54, 1.807) is 24.3 Å². The molecule has 1 heterocycles. The van der Waals surface area contributed by atoms with Crippen molar-refractivity contribution in [2.24, 2.45) is 0 Å². The summed E-state index contributed by atoms with van der Waals surface area (Å²) in [6.07, 6.45) is -0.374. The van der Waals surface area contributed by atoms with Crippen molar-refractivity contribution in [1.29, 1.82) is 0 Å². The lowest BCUT2D eigenvalue weighted by molar-refractivity contribution is -0.172. The average molecular weight is 454 g/mol. The highest BCUT2D eigenvalue weighted by Crippen LogP contribution is 2.44. The molecule has 6 heteroatoms. The minimum atomic E-state index is -1.72. The first kappa shape index (κ1) is 17.3. The first-order chi connectivity index (χ1) is 11.5. The molecule has 2 aromatic rings. The van der Waals surface area contributed by atoms with Gasteiger partial charge in [0.25, 0.3) is 0 Å². The number of rotatable bonds is 3. The van der Waals surface area contributed by atoms with Gasteiger partial charge in [-0.2, -0.15) is 0 Å². The fourth-order valence-electron chi connectivity index (χ4n) is 2.83. The van der Waals surface area contributed by atoms with Crippen LogP contribution in [0.5, 0.6) is 0 Å². The van der Waals surface area contributed by atoms with Crippen LogP contribution in [0, 0.1) is 0 Å². The lowest BCUT2D eigenvalue weighted by atomic mass is 9.89. The van der Waals surface area contributed by atoms with Crippen LogP contribution in [-0.4, -0.2) is 18.9 Å². The fraction of sp³-hybridized carbons (Fsp3) is 0.222. The number of esters is 1. The van der Waals surface area contributed by atoms with Crippen molar-refractivity contribution in [1.82, 2.24) is 0 Å². The Morgan fingerprint density at radius 1 is 1.08 bits per heavy atom. The monoisotopic (exact) mass is 452 g/mol. The summed E-state index contributed by atoms with van der Waals surface area (Å²) in [5.41, 5.74) is -0.399. The van der Waals surface area contributed by atoms with E-state index < -0.39 is 17.7 Å². The highest BCUT2D eigenvalue weighted by molar-refractivity contribution is 9.10. The van der Waals surface area contributed by atoms with E-state index >= 15 is 0 Å². The number of methoxy groups -OCH3 is 1. The Hall–Kier alpha value is -1.50. The molecule has 0 aliphatic carbocycles. The van der Waals surface area contributed by atoms with Crippen molar-refractivity contribution in [2.75, 3.05) is 7.11 Å². The molecule has 24 heavy (non-hydrogen) atoms. The summed E-state index contributed by atoms with van der Waals surface area (Å²) in [6, 6.07) is 14.4. The standard InChI is InChI=1S/C18H14Br2O4/c1-23-17(22)18(12-4-8-14(20)9-5-12)16(21)10-15(24-18)11-2-6-13(19)7-3-11/h2-9,15H,10H2,1H3/t15-,18-/m0/s1. The Kier molecular flexibility index (Phi) is 4.90. The fourth-order valence-corrected chi connectivity index (χ4v) is 3.36. The smallest absolute Gasteiger partial charge is 0.350 e. The molecule has 2 aromatic carbocycles. The van der Waals surface area contributed by atoms with Crippen molar-refractivity contribution in [3.8, 4) is 0 Å². The number of benzene rings is 2. The molecule has 0 aromatic heterocycles. The third kappa shape index (κ3) is 2.94. The van der Waals surface area contributed by atoms with E-state index in [4.69, 9.17) is 9.47 Å². The summed E-state index contributed by atoms with van der Waals surface area (Å²) in [5, 5.41) is 0. The number of carbonyl (C=O) groups excluding carboxylic acids is 2. The summed E-state index contributed by atoms with van der Waals surface area (Å²) in [5.74, 6) is -1.00. The Morgan fingerprint density at radius 3 is 2.17 bits per heavy atom. The normalized spacial score (nSPS) is 23.3. The lowest BCUT2D eigenvalue weighted by Gasteiger charge is -2.25. The number of halogens is 2. The van der Waals surface area contributed by atoms with Gasteiger partial charge in [-0.1, -0.05) is 56.1 Å². The quantitative estimate of drug-likeness (QED) is 0.513. The van der Waals surface area contributed by atoms with Crippen molar-refractivity contribution in [2.45, 2.75) is 18.1 Å². The van der Waals surface area contributed by atoms with Crippen LogP contribution in [0.15, 0.2) is 57.5 Å². The maximum Gasteiger partial charge on any atom is 0.350 e. The molecule has 0 saturated carbocycles. The van der Waals surface area contributed by atoms with Crippen molar-refractivity contribution >= 4 is 43.6 Å². The molecule has 1 aliphatic rings.